The van der Waals surface area contributed by atoms with Gasteiger partial charge in [0.15, 0.2) is 12.6 Å². The molecule has 7 rings (SSSR count). The van der Waals surface area contributed by atoms with Gasteiger partial charge in [-0.1, -0.05) is 52.7 Å². The zero-order valence-electron chi connectivity index (χ0n) is 32.0. The molecule has 3 heterocycles. The zero-order chi connectivity index (χ0) is 37.7. The van der Waals surface area contributed by atoms with Gasteiger partial charge in [0, 0.05) is 5.92 Å². The van der Waals surface area contributed by atoms with Gasteiger partial charge >= 0.3 is 5.97 Å². The normalized spacial score (nSPS) is 52.7. The van der Waals surface area contributed by atoms with Gasteiger partial charge in [0.2, 0.25) is 0 Å². The van der Waals surface area contributed by atoms with Gasteiger partial charge in [-0.05, 0) is 99.7 Å². The third kappa shape index (κ3) is 5.87. The van der Waals surface area contributed by atoms with E-state index in [-0.39, 0.29) is 53.2 Å². The summed E-state index contributed by atoms with van der Waals surface area (Å²) < 4.78 is 30.6. The second-order valence-electron chi connectivity index (χ2n) is 18.9. The zero-order valence-corrected chi connectivity index (χ0v) is 32.0. The minimum absolute atomic E-state index is 0.000221. The molecule has 7 aliphatic rings. The number of carbonyl (C=O) groups excluding carboxylic acids is 1. The van der Waals surface area contributed by atoms with E-state index in [1.807, 2.05) is 0 Å². The molecule has 18 atom stereocenters. The van der Waals surface area contributed by atoms with Crippen LogP contribution in [0.5, 0.6) is 0 Å². The molecule has 52 heavy (non-hydrogen) atoms. The Morgan fingerprint density at radius 2 is 1.58 bits per heavy atom. The number of rotatable bonds is 8. The number of aliphatic hydroxyl groups is 6. The summed E-state index contributed by atoms with van der Waals surface area (Å²) in [6.45, 7) is 14.6. The molecule has 0 amide bonds. The average molecular weight is 737 g/mol. The van der Waals surface area contributed by atoms with Crippen LogP contribution in [0.2, 0.25) is 0 Å². The Morgan fingerprint density at radius 3 is 2.29 bits per heavy atom. The molecule has 1 spiro atoms. The molecule has 3 saturated carbocycles. The minimum Gasteiger partial charge on any atom is -0.459 e. The summed E-state index contributed by atoms with van der Waals surface area (Å²) in [6, 6.07) is 0. The minimum atomic E-state index is -1.60. The Bertz CT molecular complexity index is 1370. The van der Waals surface area contributed by atoms with Gasteiger partial charge in [0.05, 0.1) is 24.9 Å². The van der Waals surface area contributed by atoms with Crippen LogP contribution in [-0.2, 0) is 28.5 Å². The van der Waals surface area contributed by atoms with Gasteiger partial charge in [-0.15, -0.1) is 0 Å². The first-order valence-corrected chi connectivity index (χ1v) is 20.0. The van der Waals surface area contributed by atoms with Crippen molar-refractivity contribution in [2.75, 3.05) is 6.61 Å². The summed E-state index contributed by atoms with van der Waals surface area (Å²) in [5, 5.41) is 64.9. The van der Waals surface area contributed by atoms with Crippen LogP contribution < -0.4 is 0 Å². The van der Waals surface area contributed by atoms with Crippen molar-refractivity contribution in [2.24, 2.45) is 45.8 Å². The van der Waals surface area contributed by atoms with E-state index in [0.29, 0.717) is 12.3 Å². The van der Waals surface area contributed by atoms with E-state index < -0.39 is 72.4 Å². The lowest BCUT2D eigenvalue weighted by Crippen LogP contribution is -2.63. The molecular formula is C40H64O12. The first-order chi connectivity index (χ1) is 24.4. The van der Waals surface area contributed by atoms with Gasteiger partial charge in [-0.3, -0.25) is 4.79 Å². The fraction of sp³-hybridized carbons (Fsp3) is 0.925. The Kier molecular flexibility index (Phi) is 10.3. The van der Waals surface area contributed by atoms with E-state index in [1.165, 1.54) is 5.57 Å². The highest BCUT2D eigenvalue weighted by Crippen LogP contribution is 2.71. The van der Waals surface area contributed by atoms with Crippen LogP contribution in [0.3, 0.4) is 0 Å². The van der Waals surface area contributed by atoms with Crippen LogP contribution in [0.15, 0.2) is 11.6 Å². The fourth-order valence-corrected chi connectivity index (χ4v) is 12.5. The van der Waals surface area contributed by atoms with E-state index >= 15 is 0 Å². The maximum Gasteiger partial charge on any atom is 0.316 e. The van der Waals surface area contributed by atoms with Crippen molar-refractivity contribution in [2.45, 2.75) is 179 Å². The number of esters is 1. The first-order valence-electron chi connectivity index (χ1n) is 20.0. The quantitative estimate of drug-likeness (QED) is 0.122. The van der Waals surface area contributed by atoms with Gasteiger partial charge in [0.1, 0.15) is 47.6 Å². The van der Waals surface area contributed by atoms with Crippen molar-refractivity contribution < 1.29 is 59.1 Å². The molecule has 0 aromatic carbocycles. The van der Waals surface area contributed by atoms with E-state index in [0.717, 1.165) is 51.4 Å². The molecule has 12 nitrogen and oxygen atoms in total. The molecule has 12 heteroatoms. The molecule has 0 aromatic rings. The number of aliphatic hydroxyl groups excluding tert-OH is 6. The highest BCUT2D eigenvalue weighted by Gasteiger charge is 2.74. The number of hydrogen-bond acceptors (Lipinski definition) is 12. The van der Waals surface area contributed by atoms with E-state index in [2.05, 4.69) is 47.6 Å². The second kappa shape index (κ2) is 13.8. The monoisotopic (exact) mass is 736 g/mol. The Labute approximate surface area is 308 Å². The SMILES string of the molecule is CC(C)CCCC1(C)OC(=O)C23C(O)C=C4C(CCC5C4(C)CCC(OC4OCC(O)C(O)C4OC4OC(C)C(O)C(O)C4O)C5(C)C)C2CCC13. The predicted molar refractivity (Wildman–Crippen MR) is 187 cm³/mol. The summed E-state index contributed by atoms with van der Waals surface area (Å²) in [7, 11) is 0. The maximum absolute atomic E-state index is 14.0. The van der Waals surface area contributed by atoms with Crippen molar-refractivity contribution in [3.8, 4) is 0 Å². The molecule has 3 saturated heterocycles. The number of fused-ring (bicyclic) bond motifs is 4. The number of allylic oxidation sites excluding steroid dienone is 1. The molecule has 6 fully saturated rings. The smallest absolute Gasteiger partial charge is 0.316 e. The second-order valence-corrected chi connectivity index (χ2v) is 18.9. The molecule has 3 aliphatic heterocycles. The highest BCUT2D eigenvalue weighted by molar-refractivity contribution is 5.83. The van der Waals surface area contributed by atoms with Crippen molar-refractivity contribution >= 4 is 5.97 Å². The topological polar surface area (TPSA) is 185 Å². The molecule has 6 N–H and O–H groups in total. The number of ether oxygens (including phenoxy) is 5. The third-order valence-corrected chi connectivity index (χ3v) is 15.2. The van der Waals surface area contributed by atoms with Crippen LogP contribution in [0.25, 0.3) is 0 Å². The summed E-state index contributed by atoms with van der Waals surface area (Å²) in [6.07, 6.45) is -2.92. The molecule has 4 aliphatic carbocycles. The number of cyclic esters (lactones) is 1. The van der Waals surface area contributed by atoms with E-state index in [1.54, 1.807) is 6.92 Å². The lowest BCUT2D eigenvalue weighted by Gasteiger charge is -2.62. The summed E-state index contributed by atoms with van der Waals surface area (Å²) in [5.41, 5.74) is -0.795. The van der Waals surface area contributed by atoms with Crippen LogP contribution in [0, 0.1) is 45.8 Å². The van der Waals surface area contributed by atoms with Gasteiger partial charge in [0.25, 0.3) is 0 Å². The van der Waals surface area contributed by atoms with E-state index in [9.17, 15) is 35.4 Å². The Morgan fingerprint density at radius 1 is 0.865 bits per heavy atom. The molecule has 0 bridgehead atoms. The molecule has 296 valence electrons. The van der Waals surface area contributed by atoms with E-state index in [4.69, 9.17) is 23.7 Å². The molecule has 0 radical (unpaired) electrons. The first kappa shape index (κ1) is 39.1. The number of carbonyl (C=O) groups is 1. The molecular weight excluding hydrogens is 672 g/mol. The third-order valence-electron chi connectivity index (χ3n) is 15.2. The summed E-state index contributed by atoms with van der Waals surface area (Å²) >= 11 is 0. The van der Waals surface area contributed by atoms with Crippen LogP contribution >= 0.6 is 0 Å². The van der Waals surface area contributed by atoms with Crippen molar-refractivity contribution in [1.82, 2.24) is 0 Å². The lowest BCUT2D eigenvalue weighted by molar-refractivity contribution is -0.363. The largest absolute Gasteiger partial charge is 0.459 e. The van der Waals surface area contributed by atoms with Crippen molar-refractivity contribution in [3.63, 3.8) is 0 Å². The Balaban J connectivity index is 1.10. The molecule has 0 aromatic heterocycles. The standard InChI is InChI=1S/C40H64O12/c1-19(2)9-8-15-39(7)26-13-11-22-21-10-12-25-37(4,5)28(14-16-38(25,6)23(21)17-27(42)40(22,26)36(47)52-39)50-35-33(30(44)24(41)18-48-35)51-34-32(46)31(45)29(43)20(3)49-34/h17,19-22,24-35,41-46H,8-16,18H2,1-7H3. The fourth-order valence-electron chi connectivity index (χ4n) is 12.5. The van der Waals surface area contributed by atoms with Crippen LogP contribution in [-0.4, -0.2) is 116 Å². The number of hydrogen-bond donors (Lipinski definition) is 6. The van der Waals surface area contributed by atoms with Crippen molar-refractivity contribution in [3.05, 3.63) is 11.6 Å². The molecule has 18 unspecified atom stereocenters. The van der Waals surface area contributed by atoms with Crippen molar-refractivity contribution in [1.29, 1.82) is 0 Å². The summed E-state index contributed by atoms with van der Waals surface area (Å²) in [4.78, 5) is 14.0. The summed E-state index contributed by atoms with van der Waals surface area (Å²) in [5.74, 6) is 0.797. The van der Waals surface area contributed by atoms with Crippen LogP contribution in [0.1, 0.15) is 106 Å². The highest BCUT2D eigenvalue weighted by atomic mass is 16.8. The average Bonchev–Trinajstić information content (AvgIpc) is 3.59. The van der Waals surface area contributed by atoms with Gasteiger partial charge in [-0.2, -0.15) is 0 Å². The Hall–Kier alpha value is -1.19. The lowest BCUT2D eigenvalue weighted by atomic mass is 9.43. The predicted octanol–water partition coefficient (Wildman–Crippen LogP) is 2.97. The van der Waals surface area contributed by atoms with Crippen LogP contribution in [0.4, 0.5) is 0 Å². The maximum atomic E-state index is 14.0. The van der Waals surface area contributed by atoms with Gasteiger partial charge in [-0.25, -0.2) is 0 Å². The van der Waals surface area contributed by atoms with Gasteiger partial charge < -0.3 is 54.3 Å².